The van der Waals surface area contributed by atoms with E-state index in [9.17, 15) is 0 Å². The van der Waals surface area contributed by atoms with Crippen LogP contribution in [-0.4, -0.2) is 15.0 Å². The zero-order chi connectivity index (χ0) is 33.3. The number of hydrogen-bond acceptors (Lipinski definition) is 3. The summed E-state index contributed by atoms with van der Waals surface area (Å²) >= 11 is 0. The molecule has 0 saturated carbocycles. The average molecular weight is 638 g/mol. The molecule has 0 spiro atoms. The van der Waals surface area contributed by atoms with Crippen LogP contribution in [0, 0.1) is 0 Å². The van der Waals surface area contributed by atoms with Gasteiger partial charge in [0.2, 0.25) is 0 Å². The molecule has 0 atom stereocenters. The van der Waals surface area contributed by atoms with E-state index in [4.69, 9.17) is 15.0 Å². The number of rotatable bonds is 6. The molecule has 0 radical (unpaired) electrons. The molecule has 0 fully saturated rings. The SMILES string of the molecule is c1ccc(-c2cccnc2-c2cc3cc4ccccc4cc3c(-c3ncccc3-c3ccccc3)c2-c2ncccc2-c2ccccc2)cc1. The van der Waals surface area contributed by atoms with Crippen LogP contribution in [0.2, 0.25) is 0 Å². The summed E-state index contributed by atoms with van der Waals surface area (Å²) in [5.74, 6) is 0. The third-order valence-corrected chi connectivity index (χ3v) is 9.41. The van der Waals surface area contributed by atoms with E-state index in [1.807, 2.05) is 36.8 Å². The molecule has 6 aromatic carbocycles. The van der Waals surface area contributed by atoms with Crippen molar-refractivity contribution < 1.29 is 0 Å². The minimum atomic E-state index is 0.882. The fraction of sp³-hybridized carbons (Fsp3) is 0. The Morgan fingerprint density at radius 1 is 0.280 bits per heavy atom. The fourth-order valence-electron chi connectivity index (χ4n) is 7.15. The van der Waals surface area contributed by atoms with Crippen LogP contribution in [0.3, 0.4) is 0 Å². The van der Waals surface area contributed by atoms with Crippen molar-refractivity contribution in [1.29, 1.82) is 0 Å². The number of fused-ring (bicyclic) bond motifs is 2. The summed E-state index contributed by atoms with van der Waals surface area (Å²) in [6, 6.07) is 59.6. The van der Waals surface area contributed by atoms with Gasteiger partial charge in [0.15, 0.2) is 0 Å². The Balaban J connectivity index is 1.50. The molecule has 0 N–H and O–H groups in total. The summed E-state index contributed by atoms with van der Waals surface area (Å²) in [4.78, 5) is 15.6. The van der Waals surface area contributed by atoms with Crippen molar-refractivity contribution >= 4 is 21.5 Å². The Kier molecular flexibility index (Phi) is 7.49. The first-order chi connectivity index (χ1) is 24.8. The first-order valence-electron chi connectivity index (χ1n) is 16.9. The molecule has 3 heterocycles. The van der Waals surface area contributed by atoms with Gasteiger partial charge in [0.1, 0.15) is 0 Å². The van der Waals surface area contributed by atoms with Gasteiger partial charge in [-0.15, -0.1) is 0 Å². The predicted molar refractivity (Wildman–Crippen MR) is 207 cm³/mol. The van der Waals surface area contributed by atoms with Gasteiger partial charge in [-0.3, -0.25) is 15.0 Å². The van der Waals surface area contributed by atoms with Crippen molar-refractivity contribution in [3.05, 3.63) is 188 Å². The molecule has 0 aliphatic heterocycles. The molecule has 0 amide bonds. The van der Waals surface area contributed by atoms with Gasteiger partial charge in [-0.1, -0.05) is 133 Å². The van der Waals surface area contributed by atoms with Gasteiger partial charge in [-0.25, -0.2) is 0 Å². The smallest absolute Gasteiger partial charge is 0.0794 e. The first kappa shape index (κ1) is 29.4. The van der Waals surface area contributed by atoms with Crippen LogP contribution in [0.5, 0.6) is 0 Å². The van der Waals surface area contributed by atoms with E-state index < -0.39 is 0 Å². The summed E-state index contributed by atoms with van der Waals surface area (Å²) in [7, 11) is 0. The van der Waals surface area contributed by atoms with Crippen molar-refractivity contribution in [1.82, 2.24) is 15.0 Å². The molecular weight excluding hydrogens is 607 g/mol. The van der Waals surface area contributed by atoms with Crippen LogP contribution in [0.15, 0.2) is 188 Å². The van der Waals surface area contributed by atoms with Crippen molar-refractivity contribution in [2.45, 2.75) is 0 Å². The maximum absolute atomic E-state index is 5.22. The van der Waals surface area contributed by atoms with E-state index in [2.05, 4.69) is 152 Å². The van der Waals surface area contributed by atoms with Crippen molar-refractivity contribution in [2.24, 2.45) is 0 Å². The Labute approximate surface area is 291 Å². The largest absolute Gasteiger partial charge is 0.256 e. The second-order valence-electron chi connectivity index (χ2n) is 12.4. The van der Waals surface area contributed by atoms with Gasteiger partial charge in [0, 0.05) is 52.0 Å². The maximum Gasteiger partial charge on any atom is 0.0794 e. The highest BCUT2D eigenvalue weighted by molar-refractivity contribution is 6.15. The third-order valence-electron chi connectivity index (χ3n) is 9.41. The third kappa shape index (κ3) is 5.22. The Morgan fingerprint density at radius 2 is 0.700 bits per heavy atom. The molecule has 3 aromatic heterocycles. The molecule has 3 nitrogen and oxygen atoms in total. The van der Waals surface area contributed by atoms with E-state index in [1.165, 1.54) is 10.8 Å². The lowest BCUT2D eigenvalue weighted by Gasteiger charge is -2.22. The lowest BCUT2D eigenvalue weighted by molar-refractivity contribution is 1.29. The summed E-state index contributed by atoms with van der Waals surface area (Å²) in [6.07, 6.45) is 5.69. The molecular formula is C47H31N3. The minimum Gasteiger partial charge on any atom is -0.256 e. The second-order valence-corrected chi connectivity index (χ2v) is 12.4. The lowest BCUT2D eigenvalue weighted by atomic mass is 9.83. The Bertz CT molecular complexity index is 2630. The van der Waals surface area contributed by atoms with Crippen LogP contribution in [0.4, 0.5) is 0 Å². The molecule has 9 rings (SSSR count). The average Bonchev–Trinajstić information content (AvgIpc) is 3.20. The highest BCUT2D eigenvalue weighted by Gasteiger charge is 2.26. The zero-order valence-electron chi connectivity index (χ0n) is 27.2. The zero-order valence-corrected chi connectivity index (χ0v) is 27.2. The number of pyridine rings is 3. The van der Waals surface area contributed by atoms with E-state index in [-0.39, 0.29) is 0 Å². The lowest BCUT2D eigenvalue weighted by Crippen LogP contribution is -2.01. The van der Waals surface area contributed by atoms with E-state index >= 15 is 0 Å². The summed E-state index contributed by atoms with van der Waals surface area (Å²) in [6.45, 7) is 0. The molecule has 0 aliphatic rings. The molecule has 50 heavy (non-hydrogen) atoms. The van der Waals surface area contributed by atoms with Crippen LogP contribution in [0.1, 0.15) is 0 Å². The standard InChI is InChI=1S/C47H31N3/c1-4-15-32(16-5-1)38-23-12-26-48-45(38)42-31-37-29-35-21-10-11-22-36(35)30-41(37)43(46-39(24-13-27-49-46)33-17-6-2-7-18-33)44(42)47-40(25-14-28-50-47)34-19-8-3-9-20-34/h1-31H. The Hall–Kier alpha value is -6.71. The highest BCUT2D eigenvalue weighted by Crippen LogP contribution is 2.49. The molecule has 0 unspecified atom stereocenters. The van der Waals surface area contributed by atoms with Crippen molar-refractivity contribution in [3.63, 3.8) is 0 Å². The summed E-state index contributed by atoms with van der Waals surface area (Å²) < 4.78 is 0. The van der Waals surface area contributed by atoms with Gasteiger partial charge in [-0.05, 0) is 74.6 Å². The summed E-state index contributed by atoms with van der Waals surface area (Å²) in [5.41, 5.74) is 12.2. The van der Waals surface area contributed by atoms with Crippen molar-refractivity contribution in [2.75, 3.05) is 0 Å². The van der Waals surface area contributed by atoms with E-state index in [0.29, 0.717) is 0 Å². The van der Waals surface area contributed by atoms with Crippen LogP contribution < -0.4 is 0 Å². The monoisotopic (exact) mass is 637 g/mol. The second kappa shape index (κ2) is 12.7. The maximum atomic E-state index is 5.22. The Morgan fingerprint density at radius 3 is 1.22 bits per heavy atom. The molecule has 0 aliphatic carbocycles. The highest BCUT2D eigenvalue weighted by atomic mass is 14.7. The van der Waals surface area contributed by atoms with Crippen molar-refractivity contribution in [3.8, 4) is 67.2 Å². The quantitative estimate of drug-likeness (QED) is 0.170. The topological polar surface area (TPSA) is 38.7 Å². The number of benzene rings is 6. The van der Waals surface area contributed by atoms with Gasteiger partial charge in [0.25, 0.3) is 0 Å². The fourth-order valence-corrected chi connectivity index (χ4v) is 7.15. The number of nitrogens with zero attached hydrogens (tertiary/aromatic N) is 3. The summed E-state index contributed by atoms with van der Waals surface area (Å²) in [5, 5.41) is 4.58. The molecule has 0 saturated heterocycles. The molecule has 9 aromatic rings. The van der Waals surface area contributed by atoms with E-state index in [0.717, 1.165) is 77.9 Å². The van der Waals surface area contributed by atoms with Crippen LogP contribution >= 0.6 is 0 Å². The minimum absolute atomic E-state index is 0.882. The van der Waals surface area contributed by atoms with Crippen LogP contribution in [0.25, 0.3) is 88.7 Å². The molecule has 234 valence electrons. The van der Waals surface area contributed by atoms with Gasteiger partial charge in [-0.2, -0.15) is 0 Å². The van der Waals surface area contributed by atoms with E-state index in [1.54, 1.807) is 0 Å². The molecule has 3 heteroatoms. The number of hydrogen-bond donors (Lipinski definition) is 0. The van der Waals surface area contributed by atoms with Gasteiger partial charge < -0.3 is 0 Å². The predicted octanol–water partition coefficient (Wildman–Crippen LogP) is 12.2. The van der Waals surface area contributed by atoms with Gasteiger partial charge in [0.05, 0.1) is 17.1 Å². The molecule has 0 bridgehead atoms. The van der Waals surface area contributed by atoms with Gasteiger partial charge >= 0.3 is 0 Å². The van der Waals surface area contributed by atoms with Crippen LogP contribution in [-0.2, 0) is 0 Å². The normalized spacial score (nSPS) is 11.2. The first-order valence-corrected chi connectivity index (χ1v) is 16.9. The number of aromatic nitrogens is 3.